The van der Waals surface area contributed by atoms with Gasteiger partial charge in [0.15, 0.2) is 5.85 Å². The van der Waals surface area contributed by atoms with E-state index in [0.29, 0.717) is 23.4 Å². The number of rotatable bonds is 9. The number of nitrogens with zero attached hydrogens (tertiary/aromatic N) is 2. The Hall–Kier alpha value is -1.81. The van der Waals surface area contributed by atoms with E-state index in [9.17, 15) is 9.67 Å². The van der Waals surface area contributed by atoms with Crippen molar-refractivity contribution in [2.24, 2.45) is 5.92 Å². The molecule has 0 amide bonds. The zero-order valence-electron chi connectivity index (χ0n) is 17.8. The second-order valence-corrected chi connectivity index (χ2v) is 10.3. The molecule has 0 aromatic heterocycles. The van der Waals surface area contributed by atoms with E-state index >= 15 is 0 Å². The summed E-state index contributed by atoms with van der Waals surface area (Å²) in [5, 5.41) is 11.6. The lowest BCUT2D eigenvalue weighted by atomic mass is 10.2. The topological polar surface area (TPSA) is 53.0 Å². The summed E-state index contributed by atoms with van der Waals surface area (Å²) in [6, 6.07) is 14.8. The van der Waals surface area contributed by atoms with Gasteiger partial charge < -0.3 is 19.4 Å². The van der Waals surface area contributed by atoms with Gasteiger partial charge in [-0.25, -0.2) is 0 Å². The van der Waals surface area contributed by atoms with Gasteiger partial charge in [-0.05, 0) is 54.3 Å². The lowest BCUT2D eigenvalue weighted by Gasteiger charge is -2.26. The van der Waals surface area contributed by atoms with Crippen molar-refractivity contribution in [1.82, 2.24) is 0 Å². The first-order chi connectivity index (χ1) is 13.1. The molecule has 0 unspecified atom stereocenters. The molecule has 2 aromatic rings. The number of aliphatic hydroxyl groups is 1. The van der Waals surface area contributed by atoms with Crippen LogP contribution >= 0.6 is 7.37 Å². The molecule has 0 fully saturated rings. The molecule has 2 atom stereocenters. The summed E-state index contributed by atoms with van der Waals surface area (Å²) in [4.78, 5) is 3.96. The van der Waals surface area contributed by atoms with Gasteiger partial charge in [-0.15, -0.1) is 0 Å². The van der Waals surface area contributed by atoms with Gasteiger partial charge in [0.2, 0.25) is 0 Å². The molecule has 5 nitrogen and oxygen atoms in total. The minimum atomic E-state index is -3.51. The van der Waals surface area contributed by atoms with Crippen LogP contribution in [0.2, 0.25) is 0 Å². The van der Waals surface area contributed by atoms with E-state index in [1.165, 1.54) is 0 Å². The van der Waals surface area contributed by atoms with E-state index in [2.05, 4.69) is 13.8 Å². The first-order valence-corrected chi connectivity index (χ1v) is 11.3. The first kappa shape index (κ1) is 22.5. The van der Waals surface area contributed by atoms with Crippen molar-refractivity contribution in [3.05, 3.63) is 54.1 Å². The Balaban J connectivity index is 2.37. The van der Waals surface area contributed by atoms with Crippen molar-refractivity contribution in [2.45, 2.75) is 26.1 Å². The molecule has 2 aromatic carbocycles. The van der Waals surface area contributed by atoms with E-state index in [4.69, 9.17) is 4.52 Å². The Kier molecular flexibility index (Phi) is 7.70. The lowest BCUT2D eigenvalue weighted by Crippen LogP contribution is -2.17. The van der Waals surface area contributed by atoms with Crippen molar-refractivity contribution in [3.63, 3.8) is 0 Å². The SMILES string of the molecule is CC(C)CCO[P@@](=O)(c1ccc(N(C)C)cc1)[C@@H](O)c1ccc(N(C)C)cc1. The van der Waals surface area contributed by atoms with Crippen LogP contribution in [0.3, 0.4) is 0 Å². The molecular weight excluding hydrogens is 371 g/mol. The van der Waals surface area contributed by atoms with E-state index in [1.807, 2.05) is 74.4 Å². The summed E-state index contributed by atoms with van der Waals surface area (Å²) >= 11 is 0. The van der Waals surface area contributed by atoms with Crippen LogP contribution in [0.25, 0.3) is 0 Å². The molecule has 0 bridgehead atoms. The van der Waals surface area contributed by atoms with Crippen LogP contribution in [0.1, 0.15) is 31.7 Å². The minimum absolute atomic E-state index is 0.344. The molecule has 0 aliphatic rings. The van der Waals surface area contributed by atoms with Gasteiger partial charge in [0.1, 0.15) is 0 Å². The molecule has 28 heavy (non-hydrogen) atoms. The molecule has 0 heterocycles. The summed E-state index contributed by atoms with van der Waals surface area (Å²) in [5.41, 5.74) is 2.61. The third-order valence-electron chi connectivity index (χ3n) is 4.73. The summed E-state index contributed by atoms with van der Waals surface area (Å²) in [6.07, 6.45) is 0.784. The maximum atomic E-state index is 13.9. The van der Waals surface area contributed by atoms with Gasteiger partial charge in [0.05, 0.1) is 6.61 Å². The zero-order valence-corrected chi connectivity index (χ0v) is 18.7. The molecule has 0 radical (unpaired) electrons. The van der Waals surface area contributed by atoms with E-state index < -0.39 is 13.2 Å². The first-order valence-electron chi connectivity index (χ1n) is 9.62. The maximum Gasteiger partial charge on any atom is 0.264 e. The summed E-state index contributed by atoms with van der Waals surface area (Å²) in [6.45, 7) is 4.53. The molecule has 6 heteroatoms. The van der Waals surface area contributed by atoms with E-state index in [0.717, 1.165) is 17.8 Å². The molecule has 0 aliphatic heterocycles. The summed E-state index contributed by atoms with van der Waals surface area (Å²) in [7, 11) is 4.31. The average Bonchev–Trinajstić information content (AvgIpc) is 2.67. The Labute approximate surface area is 169 Å². The fraction of sp³-hybridized carbons (Fsp3) is 0.455. The maximum absolute atomic E-state index is 13.9. The smallest absolute Gasteiger partial charge is 0.264 e. The molecule has 0 saturated heterocycles. The summed E-state index contributed by atoms with van der Waals surface area (Å²) in [5.74, 6) is -0.776. The van der Waals surface area contributed by atoms with Crippen molar-refractivity contribution < 1.29 is 14.2 Å². The Morgan fingerprint density at radius 3 is 1.79 bits per heavy atom. The Morgan fingerprint density at radius 1 is 0.893 bits per heavy atom. The third kappa shape index (κ3) is 5.38. The van der Waals surface area contributed by atoms with Crippen LogP contribution in [0.4, 0.5) is 11.4 Å². The van der Waals surface area contributed by atoms with Gasteiger partial charge in [0.25, 0.3) is 7.37 Å². The molecule has 154 valence electrons. The highest BCUT2D eigenvalue weighted by atomic mass is 31.2. The van der Waals surface area contributed by atoms with Crippen LogP contribution in [0.5, 0.6) is 0 Å². The standard InChI is InChI=1S/C22H33N2O3P/c1-17(2)15-16-27-28(26,21-13-11-20(12-14-21)24(5)6)22(25)18-7-9-19(10-8-18)23(3)4/h7-14,17,22,25H,15-16H2,1-6H3/t22-,28+/m1/s1. The predicted octanol–water partition coefficient (Wildman–Crippen LogP) is 4.48. The molecule has 0 aliphatic carbocycles. The van der Waals surface area contributed by atoms with Crippen LogP contribution in [-0.4, -0.2) is 39.9 Å². The van der Waals surface area contributed by atoms with Gasteiger partial charge in [-0.2, -0.15) is 0 Å². The van der Waals surface area contributed by atoms with Gasteiger partial charge in [0, 0.05) is 44.9 Å². The van der Waals surface area contributed by atoms with Crippen LogP contribution < -0.4 is 15.1 Å². The predicted molar refractivity (Wildman–Crippen MR) is 119 cm³/mol. The number of anilines is 2. The second-order valence-electron chi connectivity index (χ2n) is 7.88. The highest BCUT2D eigenvalue weighted by molar-refractivity contribution is 7.67. The van der Waals surface area contributed by atoms with Crippen LogP contribution in [0, 0.1) is 5.92 Å². The number of hydrogen-bond acceptors (Lipinski definition) is 5. The van der Waals surface area contributed by atoms with Gasteiger partial charge in [-0.1, -0.05) is 26.0 Å². The largest absolute Gasteiger partial charge is 0.378 e. The normalized spacial score (nSPS) is 14.6. The van der Waals surface area contributed by atoms with Crippen molar-refractivity contribution in [1.29, 1.82) is 0 Å². The Bertz CT molecular complexity index is 786. The van der Waals surface area contributed by atoms with Gasteiger partial charge in [-0.3, -0.25) is 4.57 Å². The molecule has 2 rings (SSSR count). The van der Waals surface area contributed by atoms with Crippen molar-refractivity contribution in [2.75, 3.05) is 44.6 Å². The lowest BCUT2D eigenvalue weighted by molar-refractivity contribution is 0.209. The van der Waals surface area contributed by atoms with Crippen LogP contribution in [0.15, 0.2) is 48.5 Å². The minimum Gasteiger partial charge on any atom is -0.378 e. The van der Waals surface area contributed by atoms with Crippen molar-refractivity contribution >= 4 is 24.0 Å². The molecule has 1 N–H and O–H groups in total. The average molecular weight is 404 g/mol. The number of benzene rings is 2. The zero-order chi connectivity index (χ0) is 20.9. The highest BCUT2D eigenvalue weighted by Gasteiger charge is 2.36. The van der Waals surface area contributed by atoms with Crippen LogP contribution in [-0.2, 0) is 9.09 Å². The quantitative estimate of drug-likeness (QED) is 0.625. The molecule has 0 spiro atoms. The van der Waals surface area contributed by atoms with Gasteiger partial charge >= 0.3 is 0 Å². The molecular formula is C22H33N2O3P. The second kappa shape index (κ2) is 9.60. The fourth-order valence-electron chi connectivity index (χ4n) is 2.81. The highest BCUT2D eigenvalue weighted by Crippen LogP contribution is 2.58. The fourth-order valence-corrected chi connectivity index (χ4v) is 4.89. The van der Waals surface area contributed by atoms with E-state index in [-0.39, 0.29) is 0 Å². The third-order valence-corrected chi connectivity index (χ3v) is 7.26. The summed E-state index contributed by atoms with van der Waals surface area (Å²) < 4.78 is 19.8. The molecule has 0 saturated carbocycles. The van der Waals surface area contributed by atoms with Crippen molar-refractivity contribution in [3.8, 4) is 0 Å². The number of aliphatic hydroxyl groups excluding tert-OH is 1. The van der Waals surface area contributed by atoms with E-state index in [1.54, 1.807) is 12.1 Å². The monoisotopic (exact) mass is 404 g/mol. The Morgan fingerprint density at radius 2 is 1.36 bits per heavy atom. The number of hydrogen-bond donors (Lipinski definition) is 1.